The lowest BCUT2D eigenvalue weighted by atomic mass is 10.1. The van der Waals surface area contributed by atoms with E-state index in [9.17, 15) is 0 Å². The van der Waals surface area contributed by atoms with E-state index in [1.54, 1.807) is 0 Å². The Morgan fingerprint density at radius 1 is 0.311 bits per heavy atom. The Labute approximate surface area is 274 Å². The molecule has 0 atom stereocenters. The minimum absolute atomic E-state index is 1.01. The molecule has 0 radical (unpaired) electrons. The highest BCUT2D eigenvalue weighted by molar-refractivity contribution is 5.79. The summed E-state index contributed by atoms with van der Waals surface area (Å²) in [5, 5.41) is 0. The topological polar surface area (TPSA) is 9.72 Å². The maximum Gasteiger partial charge on any atom is 0.0452 e. The summed E-state index contributed by atoms with van der Waals surface area (Å²) >= 11 is 0. The van der Waals surface area contributed by atoms with E-state index in [1.807, 2.05) is 0 Å². The summed E-state index contributed by atoms with van der Waals surface area (Å²) in [6.07, 6.45) is 14.9. The molecule has 0 saturated heterocycles. The van der Waals surface area contributed by atoms with Crippen LogP contribution in [0.25, 0.3) is 0 Å². The van der Waals surface area contributed by atoms with Gasteiger partial charge in [0.05, 0.1) is 0 Å². The van der Waals surface area contributed by atoms with E-state index >= 15 is 0 Å². The third-order valence-electron chi connectivity index (χ3n) is 8.73. The summed E-state index contributed by atoms with van der Waals surface area (Å²) in [7, 11) is 0. The predicted molar refractivity (Wildman–Crippen MR) is 199 cm³/mol. The third kappa shape index (κ3) is 10.7. The molecule has 0 saturated carbocycles. The van der Waals surface area contributed by atoms with Gasteiger partial charge in [0.2, 0.25) is 0 Å². The molecule has 0 N–H and O–H groups in total. The zero-order valence-corrected chi connectivity index (χ0v) is 28.3. The molecule has 4 aromatic rings. The lowest BCUT2D eigenvalue weighted by molar-refractivity contribution is 0.665. The van der Waals surface area contributed by atoms with E-state index in [4.69, 9.17) is 0 Å². The van der Waals surface area contributed by atoms with E-state index < -0.39 is 0 Å². The van der Waals surface area contributed by atoms with Gasteiger partial charge in [0.15, 0.2) is 0 Å². The number of hydrogen-bond acceptors (Lipinski definition) is 3. The van der Waals surface area contributed by atoms with Crippen molar-refractivity contribution in [1.29, 1.82) is 0 Å². The van der Waals surface area contributed by atoms with Crippen LogP contribution >= 0.6 is 0 Å². The fourth-order valence-corrected chi connectivity index (χ4v) is 6.18. The Morgan fingerprint density at radius 3 is 0.822 bits per heavy atom. The van der Waals surface area contributed by atoms with Crippen molar-refractivity contribution in [3.63, 3.8) is 0 Å². The van der Waals surface area contributed by atoms with Crippen molar-refractivity contribution in [1.82, 2.24) is 0 Å². The zero-order valence-electron chi connectivity index (χ0n) is 28.3. The van der Waals surface area contributed by atoms with Gasteiger partial charge in [-0.15, -0.1) is 0 Å². The van der Waals surface area contributed by atoms with Crippen molar-refractivity contribution < 1.29 is 0 Å². The minimum Gasteiger partial charge on any atom is -0.341 e. The lowest BCUT2D eigenvalue weighted by Crippen LogP contribution is -2.24. The van der Waals surface area contributed by atoms with Crippen LogP contribution in [0.1, 0.15) is 97.8 Å². The summed E-state index contributed by atoms with van der Waals surface area (Å²) in [6.45, 7) is 9.91. The Bertz CT molecular complexity index is 1140. The van der Waals surface area contributed by atoms with Crippen LogP contribution in [0.3, 0.4) is 0 Å². The monoisotopic (exact) mass is 603 g/mol. The molecule has 240 valence electrons. The second-order valence-electron chi connectivity index (χ2n) is 12.4. The van der Waals surface area contributed by atoms with Gasteiger partial charge in [-0.3, -0.25) is 0 Å². The fraction of sp³-hybridized carbons (Fsp3) is 0.429. The summed E-state index contributed by atoms with van der Waals surface area (Å²) in [5.74, 6) is 0. The normalized spacial score (nSPS) is 11.0. The van der Waals surface area contributed by atoms with Crippen LogP contribution in [0.2, 0.25) is 0 Å². The van der Waals surface area contributed by atoms with Crippen molar-refractivity contribution in [3.8, 4) is 0 Å². The fourth-order valence-electron chi connectivity index (χ4n) is 6.18. The molecule has 0 amide bonds. The Balaban J connectivity index is 1.84. The van der Waals surface area contributed by atoms with Gasteiger partial charge >= 0.3 is 0 Å². The van der Waals surface area contributed by atoms with Crippen LogP contribution in [-0.4, -0.2) is 19.6 Å². The average molecular weight is 604 g/mol. The molecule has 0 fully saturated rings. The van der Waals surface area contributed by atoms with Gasteiger partial charge in [-0.2, -0.15) is 0 Å². The molecule has 0 aliphatic heterocycles. The second kappa shape index (κ2) is 19.6. The Morgan fingerprint density at radius 2 is 0.578 bits per heavy atom. The highest BCUT2D eigenvalue weighted by atomic mass is 15.2. The summed E-state index contributed by atoms with van der Waals surface area (Å²) in [5.41, 5.74) is 7.61. The first kappa shape index (κ1) is 34.2. The van der Waals surface area contributed by atoms with Gasteiger partial charge in [0.1, 0.15) is 0 Å². The molecule has 0 bridgehead atoms. The van der Waals surface area contributed by atoms with Gasteiger partial charge < -0.3 is 14.7 Å². The van der Waals surface area contributed by atoms with Crippen LogP contribution < -0.4 is 14.7 Å². The molecule has 0 aliphatic carbocycles. The summed E-state index contributed by atoms with van der Waals surface area (Å²) in [6, 6.07) is 40.4. The highest BCUT2D eigenvalue weighted by Gasteiger charge is 2.19. The molecule has 0 aliphatic rings. The van der Waals surface area contributed by atoms with E-state index in [1.165, 1.54) is 111 Å². The van der Waals surface area contributed by atoms with Crippen LogP contribution in [0, 0.1) is 0 Å². The SMILES string of the molecule is CCCCCCN(c1ccccc1)c1cc(N(CCCCCC)c2ccccc2)cc(N(CCCCCC)c2ccccc2)c1. The average Bonchev–Trinajstić information content (AvgIpc) is 3.09. The third-order valence-corrected chi connectivity index (χ3v) is 8.73. The van der Waals surface area contributed by atoms with Gasteiger partial charge in [-0.1, -0.05) is 133 Å². The number of para-hydroxylation sites is 3. The van der Waals surface area contributed by atoms with E-state index in [0.717, 1.165) is 19.6 Å². The molecule has 4 aromatic carbocycles. The van der Waals surface area contributed by atoms with Crippen LogP contribution in [0.4, 0.5) is 34.1 Å². The van der Waals surface area contributed by atoms with E-state index in [2.05, 4.69) is 145 Å². The summed E-state index contributed by atoms with van der Waals surface area (Å²) in [4.78, 5) is 7.68. The van der Waals surface area contributed by atoms with E-state index in [-0.39, 0.29) is 0 Å². The maximum absolute atomic E-state index is 2.56. The molecule has 4 rings (SSSR count). The smallest absolute Gasteiger partial charge is 0.0452 e. The standard InChI is InChI=1S/C42H57N3/c1-4-7-10-22-31-43(37-25-16-13-17-26-37)40-34-41(44(32-23-11-8-5-2)38-27-18-14-19-28-38)36-42(35-40)45(33-24-12-9-6-3)39-29-20-15-21-30-39/h13-21,25-30,34-36H,4-12,22-24,31-33H2,1-3H3. The maximum atomic E-state index is 2.56. The quantitative estimate of drug-likeness (QED) is 0.0877. The number of rotatable bonds is 21. The molecule has 3 heteroatoms. The molecular formula is C42H57N3. The van der Waals surface area contributed by atoms with Gasteiger partial charge in [0, 0.05) is 53.8 Å². The molecule has 0 spiro atoms. The van der Waals surface area contributed by atoms with Crippen molar-refractivity contribution in [2.75, 3.05) is 34.3 Å². The van der Waals surface area contributed by atoms with Crippen molar-refractivity contribution in [3.05, 3.63) is 109 Å². The van der Waals surface area contributed by atoms with Crippen molar-refractivity contribution >= 4 is 34.1 Å². The number of anilines is 6. The first-order chi connectivity index (χ1) is 22.2. The summed E-state index contributed by atoms with van der Waals surface area (Å²) < 4.78 is 0. The second-order valence-corrected chi connectivity index (χ2v) is 12.4. The number of nitrogens with zero attached hydrogens (tertiary/aromatic N) is 3. The van der Waals surface area contributed by atoms with Crippen LogP contribution in [0.5, 0.6) is 0 Å². The largest absolute Gasteiger partial charge is 0.341 e. The van der Waals surface area contributed by atoms with Crippen molar-refractivity contribution in [2.45, 2.75) is 97.8 Å². The molecule has 3 nitrogen and oxygen atoms in total. The number of unbranched alkanes of at least 4 members (excludes halogenated alkanes) is 9. The number of hydrogen-bond donors (Lipinski definition) is 0. The van der Waals surface area contributed by atoms with Crippen LogP contribution in [0.15, 0.2) is 109 Å². The molecular weight excluding hydrogens is 546 g/mol. The lowest BCUT2D eigenvalue weighted by Gasteiger charge is -2.33. The zero-order chi connectivity index (χ0) is 31.5. The first-order valence-electron chi connectivity index (χ1n) is 17.9. The van der Waals surface area contributed by atoms with Crippen molar-refractivity contribution in [2.24, 2.45) is 0 Å². The molecule has 0 unspecified atom stereocenters. The molecule has 0 heterocycles. The van der Waals surface area contributed by atoms with Crippen LogP contribution in [-0.2, 0) is 0 Å². The highest BCUT2D eigenvalue weighted by Crippen LogP contribution is 2.39. The van der Waals surface area contributed by atoms with Gasteiger partial charge in [0.25, 0.3) is 0 Å². The Kier molecular flexibility index (Phi) is 14.9. The number of benzene rings is 4. The predicted octanol–water partition coefficient (Wildman–Crippen LogP) is 12.8. The first-order valence-corrected chi connectivity index (χ1v) is 17.9. The Hall–Kier alpha value is -3.72. The van der Waals surface area contributed by atoms with Gasteiger partial charge in [-0.25, -0.2) is 0 Å². The molecule has 0 aromatic heterocycles. The van der Waals surface area contributed by atoms with Gasteiger partial charge in [-0.05, 0) is 73.9 Å². The molecule has 45 heavy (non-hydrogen) atoms. The minimum atomic E-state index is 1.01. The van der Waals surface area contributed by atoms with E-state index in [0.29, 0.717) is 0 Å².